The third-order valence-electron chi connectivity index (χ3n) is 2.06. The Morgan fingerprint density at radius 3 is 2.60 bits per heavy atom. The van der Waals surface area contributed by atoms with Crippen LogP contribution in [0.5, 0.6) is 11.5 Å². The molecule has 1 heterocycles. The zero-order valence-electron chi connectivity index (χ0n) is 7.68. The van der Waals surface area contributed by atoms with E-state index >= 15 is 0 Å². The molecule has 0 aliphatic heterocycles. The molecule has 0 saturated carbocycles. The monoisotopic (exact) mass is 220 g/mol. The van der Waals surface area contributed by atoms with Gasteiger partial charge in [-0.1, -0.05) is 6.07 Å². The van der Waals surface area contributed by atoms with Crippen molar-refractivity contribution in [1.29, 1.82) is 0 Å². The van der Waals surface area contributed by atoms with Crippen LogP contribution in [0.4, 0.5) is 0 Å². The lowest BCUT2D eigenvalue weighted by molar-refractivity contribution is 0.112. The molecule has 0 saturated heterocycles. The van der Waals surface area contributed by atoms with Gasteiger partial charge in [-0.05, 0) is 17.5 Å². The number of aromatic hydroxyl groups is 2. The summed E-state index contributed by atoms with van der Waals surface area (Å²) in [6.07, 6.45) is 0.561. The molecule has 0 amide bonds. The number of carbonyl (C=O) groups is 1. The van der Waals surface area contributed by atoms with E-state index in [4.69, 9.17) is 0 Å². The van der Waals surface area contributed by atoms with Gasteiger partial charge in [-0.25, -0.2) is 0 Å². The number of phenols is 2. The number of carbonyl (C=O) groups excluding carboxylic acids is 1. The highest BCUT2D eigenvalue weighted by Gasteiger charge is 2.10. The summed E-state index contributed by atoms with van der Waals surface area (Å²) in [5.41, 5.74) is 0.737. The Hall–Kier alpha value is -1.81. The SMILES string of the molecule is O=Cc1cc(-c2cccs2)c(O)cc1O. The third-order valence-corrected chi connectivity index (χ3v) is 2.96. The van der Waals surface area contributed by atoms with Crippen LogP contribution in [0.25, 0.3) is 10.4 Å². The second-order valence-electron chi connectivity index (χ2n) is 3.02. The zero-order valence-corrected chi connectivity index (χ0v) is 8.49. The lowest BCUT2D eigenvalue weighted by atomic mass is 10.1. The van der Waals surface area contributed by atoms with E-state index in [1.807, 2.05) is 17.5 Å². The molecule has 1 aromatic carbocycles. The minimum absolute atomic E-state index is 0.0273. The number of rotatable bonds is 2. The number of thiophene rings is 1. The van der Waals surface area contributed by atoms with Gasteiger partial charge < -0.3 is 10.2 Å². The van der Waals surface area contributed by atoms with Crippen LogP contribution in [0.2, 0.25) is 0 Å². The molecule has 0 aliphatic rings. The Morgan fingerprint density at radius 1 is 1.20 bits per heavy atom. The topological polar surface area (TPSA) is 57.5 Å². The molecule has 2 rings (SSSR count). The van der Waals surface area contributed by atoms with E-state index in [2.05, 4.69) is 0 Å². The van der Waals surface area contributed by atoms with Gasteiger partial charge in [0.05, 0.1) is 5.56 Å². The average Bonchev–Trinajstić information content (AvgIpc) is 2.71. The van der Waals surface area contributed by atoms with Crippen LogP contribution in [0, 0.1) is 0 Å². The van der Waals surface area contributed by atoms with Crippen LogP contribution in [-0.2, 0) is 0 Å². The lowest BCUT2D eigenvalue weighted by Gasteiger charge is -2.04. The summed E-state index contributed by atoms with van der Waals surface area (Å²) in [6, 6.07) is 6.35. The van der Waals surface area contributed by atoms with Crippen molar-refractivity contribution in [2.75, 3.05) is 0 Å². The molecule has 76 valence electrons. The van der Waals surface area contributed by atoms with Crippen molar-refractivity contribution in [2.24, 2.45) is 0 Å². The summed E-state index contributed by atoms with van der Waals surface area (Å²) in [5, 5.41) is 20.8. The second kappa shape index (κ2) is 3.74. The van der Waals surface area contributed by atoms with Crippen molar-refractivity contribution < 1.29 is 15.0 Å². The second-order valence-corrected chi connectivity index (χ2v) is 3.97. The van der Waals surface area contributed by atoms with E-state index in [0.717, 1.165) is 4.88 Å². The summed E-state index contributed by atoms with van der Waals surface area (Å²) < 4.78 is 0. The van der Waals surface area contributed by atoms with Crippen molar-refractivity contribution in [1.82, 2.24) is 0 Å². The number of phenolic OH excluding ortho intramolecular Hbond substituents is 2. The molecule has 0 spiro atoms. The molecule has 1 aromatic heterocycles. The van der Waals surface area contributed by atoms with Gasteiger partial charge in [0.25, 0.3) is 0 Å². The highest BCUT2D eigenvalue weighted by atomic mass is 32.1. The van der Waals surface area contributed by atoms with Gasteiger partial charge in [0.15, 0.2) is 6.29 Å². The molecule has 0 atom stereocenters. The molecule has 15 heavy (non-hydrogen) atoms. The lowest BCUT2D eigenvalue weighted by Crippen LogP contribution is -1.84. The summed E-state index contributed by atoms with van der Waals surface area (Å²) in [6.45, 7) is 0. The highest BCUT2D eigenvalue weighted by Crippen LogP contribution is 2.36. The summed E-state index contributed by atoms with van der Waals surface area (Å²) >= 11 is 1.46. The fraction of sp³-hybridized carbons (Fsp3) is 0. The van der Waals surface area contributed by atoms with Crippen molar-refractivity contribution in [3.8, 4) is 21.9 Å². The number of hydrogen-bond donors (Lipinski definition) is 2. The minimum Gasteiger partial charge on any atom is -0.507 e. The van der Waals surface area contributed by atoms with Crippen molar-refractivity contribution in [2.45, 2.75) is 0 Å². The van der Waals surface area contributed by atoms with Crippen LogP contribution in [0.15, 0.2) is 29.6 Å². The Bertz CT molecular complexity index is 489. The highest BCUT2D eigenvalue weighted by molar-refractivity contribution is 7.13. The molecular weight excluding hydrogens is 212 g/mol. The van der Waals surface area contributed by atoms with Crippen LogP contribution in [0.1, 0.15) is 10.4 Å². The molecule has 0 radical (unpaired) electrons. The Balaban J connectivity index is 2.62. The van der Waals surface area contributed by atoms with E-state index in [9.17, 15) is 15.0 Å². The zero-order chi connectivity index (χ0) is 10.8. The molecule has 2 N–H and O–H groups in total. The fourth-order valence-electron chi connectivity index (χ4n) is 1.32. The maximum atomic E-state index is 10.6. The summed E-state index contributed by atoms with van der Waals surface area (Å²) in [7, 11) is 0. The van der Waals surface area contributed by atoms with Crippen LogP contribution in [-0.4, -0.2) is 16.5 Å². The molecule has 2 aromatic rings. The van der Waals surface area contributed by atoms with E-state index in [-0.39, 0.29) is 17.1 Å². The predicted molar refractivity (Wildman–Crippen MR) is 58.5 cm³/mol. The normalized spacial score (nSPS) is 10.1. The van der Waals surface area contributed by atoms with Gasteiger partial charge in [0.2, 0.25) is 0 Å². The van der Waals surface area contributed by atoms with E-state index < -0.39 is 0 Å². The van der Waals surface area contributed by atoms with Crippen LogP contribution in [0.3, 0.4) is 0 Å². The number of benzene rings is 1. The number of aldehydes is 1. The first kappa shape index (κ1) is 9.73. The quantitative estimate of drug-likeness (QED) is 0.765. The molecule has 0 unspecified atom stereocenters. The maximum absolute atomic E-state index is 10.6. The molecule has 0 bridgehead atoms. The van der Waals surface area contributed by atoms with Gasteiger partial charge in [-0.2, -0.15) is 0 Å². The first-order valence-corrected chi connectivity index (χ1v) is 5.15. The average molecular weight is 220 g/mol. The first-order chi connectivity index (χ1) is 7.22. The molecule has 0 aliphatic carbocycles. The molecular formula is C11H8O3S. The van der Waals surface area contributed by atoms with E-state index in [0.29, 0.717) is 11.8 Å². The Kier molecular flexibility index (Phi) is 2.43. The molecule has 3 nitrogen and oxygen atoms in total. The van der Waals surface area contributed by atoms with Gasteiger partial charge in [0, 0.05) is 16.5 Å². The summed E-state index contributed by atoms with van der Waals surface area (Å²) in [5.74, 6) is -0.233. The minimum atomic E-state index is -0.206. The maximum Gasteiger partial charge on any atom is 0.153 e. The van der Waals surface area contributed by atoms with Gasteiger partial charge in [-0.3, -0.25) is 4.79 Å². The third kappa shape index (κ3) is 1.71. The Labute approximate surface area is 90.2 Å². The number of hydrogen-bond acceptors (Lipinski definition) is 4. The Morgan fingerprint density at radius 2 is 2.00 bits per heavy atom. The largest absolute Gasteiger partial charge is 0.507 e. The van der Waals surface area contributed by atoms with Crippen LogP contribution >= 0.6 is 11.3 Å². The predicted octanol–water partition coefficient (Wildman–Crippen LogP) is 2.64. The summed E-state index contributed by atoms with van der Waals surface area (Å²) in [4.78, 5) is 11.5. The first-order valence-electron chi connectivity index (χ1n) is 4.27. The van der Waals surface area contributed by atoms with Gasteiger partial charge >= 0.3 is 0 Å². The van der Waals surface area contributed by atoms with Gasteiger partial charge in [-0.15, -0.1) is 11.3 Å². The van der Waals surface area contributed by atoms with E-state index in [1.54, 1.807) is 0 Å². The van der Waals surface area contributed by atoms with Crippen molar-refractivity contribution in [3.63, 3.8) is 0 Å². The van der Waals surface area contributed by atoms with Crippen molar-refractivity contribution in [3.05, 3.63) is 35.2 Å². The van der Waals surface area contributed by atoms with Gasteiger partial charge in [0.1, 0.15) is 11.5 Å². The molecule has 0 fully saturated rings. The van der Waals surface area contributed by atoms with E-state index in [1.165, 1.54) is 23.5 Å². The fourth-order valence-corrected chi connectivity index (χ4v) is 2.07. The molecule has 4 heteroatoms. The smallest absolute Gasteiger partial charge is 0.153 e. The standard InChI is InChI=1S/C11H8O3S/c12-6-7-4-8(10(14)5-9(7)13)11-2-1-3-15-11/h1-6,13-14H. The van der Waals surface area contributed by atoms with Crippen molar-refractivity contribution >= 4 is 17.6 Å². The van der Waals surface area contributed by atoms with Crippen LogP contribution < -0.4 is 0 Å².